The van der Waals surface area contributed by atoms with Crippen LogP contribution >= 0.6 is 0 Å². The molecule has 0 radical (unpaired) electrons. The standard InChI is InChI=1S/C12H13NO4/c1-16-12(15)8-11(14)13-6-7-17-10-5-3-2-4-9(10)13/h2-5H,6-8H2,1H3. The number of nitrogens with zero attached hydrogens (tertiary/aromatic N) is 1. The molecule has 0 aliphatic carbocycles. The molecule has 0 saturated heterocycles. The maximum atomic E-state index is 11.9. The van der Waals surface area contributed by atoms with Gasteiger partial charge in [-0.05, 0) is 12.1 Å². The van der Waals surface area contributed by atoms with E-state index in [0.717, 1.165) is 0 Å². The molecule has 0 atom stereocenters. The molecule has 0 fully saturated rings. The number of methoxy groups -OCH3 is 1. The predicted octanol–water partition coefficient (Wildman–Crippen LogP) is 0.975. The largest absolute Gasteiger partial charge is 0.490 e. The van der Waals surface area contributed by atoms with E-state index in [1.165, 1.54) is 7.11 Å². The fraction of sp³-hybridized carbons (Fsp3) is 0.333. The third-order valence-electron chi connectivity index (χ3n) is 2.55. The molecule has 17 heavy (non-hydrogen) atoms. The number of ether oxygens (including phenoxy) is 2. The van der Waals surface area contributed by atoms with Crippen molar-refractivity contribution < 1.29 is 19.1 Å². The molecule has 1 aromatic carbocycles. The molecule has 5 nitrogen and oxygen atoms in total. The van der Waals surface area contributed by atoms with Crippen molar-refractivity contribution >= 4 is 17.6 Å². The third-order valence-corrected chi connectivity index (χ3v) is 2.55. The van der Waals surface area contributed by atoms with Crippen LogP contribution in [0.25, 0.3) is 0 Å². The lowest BCUT2D eigenvalue weighted by Gasteiger charge is -2.29. The number of rotatable bonds is 2. The Hall–Kier alpha value is -2.04. The summed E-state index contributed by atoms with van der Waals surface area (Å²) in [5, 5.41) is 0. The lowest BCUT2D eigenvalue weighted by molar-refractivity contribution is -0.143. The summed E-state index contributed by atoms with van der Waals surface area (Å²) in [6, 6.07) is 7.26. The summed E-state index contributed by atoms with van der Waals surface area (Å²) in [5.74, 6) is -0.136. The summed E-state index contributed by atoms with van der Waals surface area (Å²) in [7, 11) is 1.27. The van der Waals surface area contributed by atoms with Crippen molar-refractivity contribution in [3.8, 4) is 5.75 Å². The average Bonchev–Trinajstić information content (AvgIpc) is 2.37. The van der Waals surface area contributed by atoms with E-state index >= 15 is 0 Å². The molecule has 2 rings (SSSR count). The molecule has 1 aliphatic heterocycles. The van der Waals surface area contributed by atoms with E-state index in [4.69, 9.17) is 4.74 Å². The Morgan fingerprint density at radius 3 is 2.94 bits per heavy atom. The van der Waals surface area contributed by atoms with Gasteiger partial charge < -0.3 is 14.4 Å². The van der Waals surface area contributed by atoms with Gasteiger partial charge in [0.05, 0.1) is 19.3 Å². The quantitative estimate of drug-likeness (QED) is 0.566. The van der Waals surface area contributed by atoms with Gasteiger partial charge in [0.1, 0.15) is 18.8 Å². The first kappa shape index (κ1) is 11.4. The monoisotopic (exact) mass is 235 g/mol. The zero-order valence-electron chi connectivity index (χ0n) is 9.51. The molecule has 5 heteroatoms. The molecular formula is C12H13NO4. The Bertz CT molecular complexity index is 444. The summed E-state index contributed by atoms with van der Waals surface area (Å²) in [6.45, 7) is 0.886. The first-order valence-electron chi connectivity index (χ1n) is 5.31. The molecule has 1 aromatic rings. The molecule has 0 bridgehead atoms. The van der Waals surface area contributed by atoms with Crippen LogP contribution in [0.1, 0.15) is 6.42 Å². The van der Waals surface area contributed by atoms with Gasteiger partial charge in [-0.1, -0.05) is 12.1 Å². The van der Waals surface area contributed by atoms with Gasteiger partial charge in [0.15, 0.2) is 0 Å². The first-order chi connectivity index (χ1) is 8.22. The Balaban J connectivity index is 2.18. The van der Waals surface area contributed by atoms with E-state index in [1.54, 1.807) is 17.0 Å². The van der Waals surface area contributed by atoms with Gasteiger partial charge in [-0.25, -0.2) is 0 Å². The fourth-order valence-corrected chi connectivity index (χ4v) is 1.72. The van der Waals surface area contributed by atoms with Crippen LogP contribution in [0, 0.1) is 0 Å². The number of amides is 1. The summed E-state index contributed by atoms with van der Waals surface area (Å²) in [5.41, 5.74) is 0.702. The van der Waals surface area contributed by atoms with Crippen LogP contribution in [0.2, 0.25) is 0 Å². The van der Waals surface area contributed by atoms with Gasteiger partial charge in [-0.15, -0.1) is 0 Å². The number of hydrogen-bond acceptors (Lipinski definition) is 4. The third kappa shape index (κ3) is 2.38. The molecular weight excluding hydrogens is 222 g/mol. The van der Waals surface area contributed by atoms with Gasteiger partial charge in [-0.3, -0.25) is 9.59 Å². The highest BCUT2D eigenvalue weighted by atomic mass is 16.5. The van der Waals surface area contributed by atoms with E-state index < -0.39 is 5.97 Å². The minimum atomic E-state index is -0.529. The van der Waals surface area contributed by atoms with Crippen LogP contribution in [-0.4, -0.2) is 32.1 Å². The minimum Gasteiger partial charge on any atom is -0.490 e. The van der Waals surface area contributed by atoms with Gasteiger partial charge in [-0.2, -0.15) is 0 Å². The Morgan fingerprint density at radius 2 is 2.18 bits per heavy atom. The summed E-state index contributed by atoms with van der Waals surface area (Å²) in [4.78, 5) is 24.5. The topological polar surface area (TPSA) is 55.8 Å². The van der Waals surface area contributed by atoms with Crippen LogP contribution in [0.3, 0.4) is 0 Å². The zero-order chi connectivity index (χ0) is 12.3. The number of fused-ring (bicyclic) bond motifs is 1. The predicted molar refractivity (Wildman–Crippen MR) is 60.9 cm³/mol. The highest BCUT2D eigenvalue weighted by Gasteiger charge is 2.24. The highest BCUT2D eigenvalue weighted by molar-refractivity contribution is 6.04. The lowest BCUT2D eigenvalue weighted by Crippen LogP contribution is -2.38. The molecule has 0 N–H and O–H groups in total. The Labute approximate surface area is 98.9 Å². The summed E-state index contributed by atoms with van der Waals surface area (Å²) < 4.78 is 9.91. The van der Waals surface area contributed by atoms with Crippen LogP contribution in [-0.2, 0) is 14.3 Å². The molecule has 1 heterocycles. The van der Waals surface area contributed by atoms with Crippen LogP contribution in [0.4, 0.5) is 5.69 Å². The second kappa shape index (κ2) is 4.86. The van der Waals surface area contributed by atoms with Crippen molar-refractivity contribution in [1.82, 2.24) is 0 Å². The highest BCUT2D eigenvalue weighted by Crippen LogP contribution is 2.31. The first-order valence-corrected chi connectivity index (χ1v) is 5.31. The maximum Gasteiger partial charge on any atom is 0.315 e. The normalized spacial score (nSPS) is 13.6. The molecule has 1 aliphatic rings. The number of anilines is 1. The van der Waals surface area contributed by atoms with Crippen LogP contribution in [0.5, 0.6) is 5.75 Å². The number of carbonyl (C=O) groups is 2. The Kier molecular flexibility index (Phi) is 3.27. The van der Waals surface area contributed by atoms with Crippen molar-refractivity contribution in [2.75, 3.05) is 25.2 Å². The van der Waals surface area contributed by atoms with Crippen molar-refractivity contribution in [1.29, 1.82) is 0 Å². The van der Waals surface area contributed by atoms with Crippen LogP contribution in [0.15, 0.2) is 24.3 Å². The molecule has 0 aromatic heterocycles. The van der Waals surface area contributed by atoms with E-state index in [1.807, 2.05) is 12.1 Å². The number of para-hydroxylation sites is 2. The van der Waals surface area contributed by atoms with Crippen molar-refractivity contribution in [3.63, 3.8) is 0 Å². The molecule has 1 amide bonds. The van der Waals surface area contributed by atoms with Crippen molar-refractivity contribution in [2.45, 2.75) is 6.42 Å². The van der Waals surface area contributed by atoms with Gasteiger partial charge in [0, 0.05) is 0 Å². The second-order valence-corrected chi connectivity index (χ2v) is 3.61. The van der Waals surface area contributed by atoms with E-state index in [9.17, 15) is 9.59 Å². The SMILES string of the molecule is COC(=O)CC(=O)N1CCOc2ccccc21. The van der Waals surface area contributed by atoms with Crippen molar-refractivity contribution in [3.05, 3.63) is 24.3 Å². The summed E-state index contributed by atoms with van der Waals surface area (Å²) >= 11 is 0. The Morgan fingerprint density at radius 1 is 1.41 bits per heavy atom. The van der Waals surface area contributed by atoms with Crippen LogP contribution < -0.4 is 9.64 Å². The summed E-state index contributed by atoms with van der Waals surface area (Å²) in [6.07, 6.45) is -0.245. The maximum absolute atomic E-state index is 11.9. The molecule has 0 unspecified atom stereocenters. The smallest absolute Gasteiger partial charge is 0.315 e. The minimum absolute atomic E-state index is 0.245. The molecule has 0 spiro atoms. The number of hydrogen-bond donors (Lipinski definition) is 0. The van der Waals surface area contributed by atoms with Gasteiger partial charge in [0.25, 0.3) is 0 Å². The number of carbonyl (C=O) groups excluding carboxylic acids is 2. The number of esters is 1. The number of benzene rings is 1. The lowest BCUT2D eigenvalue weighted by atomic mass is 10.2. The van der Waals surface area contributed by atoms with Gasteiger partial charge >= 0.3 is 5.97 Å². The molecule has 90 valence electrons. The fourth-order valence-electron chi connectivity index (χ4n) is 1.72. The average molecular weight is 235 g/mol. The van der Waals surface area contributed by atoms with Crippen molar-refractivity contribution in [2.24, 2.45) is 0 Å². The zero-order valence-corrected chi connectivity index (χ0v) is 9.51. The second-order valence-electron chi connectivity index (χ2n) is 3.61. The van der Waals surface area contributed by atoms with Gasteiger partial charge in [0.2, 0.25) is 5.91 Å². The van der Waals surface area contributed by atoms with E-state index in [0.29, 0.717) is 24.6 Å². The van der Waals surface area contributed by atoms with E-state index in [-0.39, 0.29) is 12.3 Å². The van der Waals surface area contributed by atoms with E-state index in [2.05, 4.69) is 4.74 Å². The molecule has 0 saturated carbocycles.